The van der Waals surface area contributed by atoms with Crippen LogP contribution in [0.5, 0.6) is 0 Å². The van der Waals surface area contributed by atoms with Crippen LogP contribution in [0.4, 0.5) is 0 Å². The van der Waals surface area contributed by atoms with Gasteiger partial charge in [-0.1, -0.05) is 45.0 Å². The maximum atomic E-state index is 12.2. The molecule has 0 amide bonds. The first-order chi connectivity index (χ1) is 9.99. The van der Waals surface area contributed by atoms with Crippen molar-refractivity contribution in [2.75, 3.05) is 0 Å². The third-order valence-electron chi connectivity index (χ3n) is 3.50. The number of ether oxygens (including phenoxy) is 1. The highest BCUT2D eigenvalue weighted by Gasteiger charge is 2.28. The Kier molecular flexibility index (Phi) is 6.57. The van der Waals surface area contributed by atoms with Crippen molar-refractivity contribution in [3.05, 3.63) is 35.4 Å². The van der Waals surface area contributed by atoms with Crippen LogP contribution in [0.1, 0.15) is 31.9 Å². The fourth-order valence-corrected chi connectivity index (χ4v) is 2.28. The van der Waals surface area contributed by atoms with Gasteiger partial charge in [0.25, 0.3) is 0 Å². The third-order valence-corrected chi connectivity index (χ3v) is 3.50. The monoisotopic (exact) mass is 282 g/mol. The molecule has 21 heavy (non-hydrogen) atoms. The van der Waals surface area contributed by atoms with Gasteiger partial charge in [0, 0.05) is 12.3 Å². The summed E-state index contributed by atoms with van der Waals surface area (Å²) in [5.41, 5.74) is 2.02. The van der Waals surface area contributed by atoms with E-state index in [2.05, 4.69) is 11.8 Å². The van der Waals surface area contributed by atoms with Crippen LogP contribution in [0.3, 0.4) is 0 Å². The standard InChI is InChI=1S/C19H22O2/c1-6-8-16-9-11-17(12-10-16)13-21-19(20)18(14(3)4)15(5)7-2/h1-2,9-12,14-15,18H,8,13H2,3-5H3. The van der Waals surface area contributed by atoms with Gasteiger partial charge in [0.2, 0.25) is 0 Å². The predicted octanol–water partition coefficient (Wildman–Crippen LogP) is 3.45. The quantitative estimate of drug-likeness (QED) is 0.590. The summed E-state index contributed by atoms with van der Waals surface area (Å²) in [4.78, 5) is 12.2. The van der Waals surface area contributed by atoms with Crippen LogP contribution >= 0.6 is 0 Å². The zero-order valence-electron chi connectivity index (χ0n) is 12.9. The normalized spacial score (nSPS) is 13.0. The van der Waals surface area contributed by atoms with Crippen molar-refractivity contribution in [3.8, 4) is 24.7 Å². The molecule has 0 saturated heterocycles. The van der Waals surface area contributed by atoms with Crippen molar-refractivity contribution < 1.29 is 9.53 Å². The van der Waals surface area contributed by atoms with Gasteiger partial charge >= 0.3 is 5.97 Å². The van der Waals surface area contributed by atoms with Gasteiger partial charge in [0.15, 0.2) is 0 Å². The van der Waals surface area contributed by atoms with Crippen molar-refractivity contribution in [2.45, 2.75) is 33.8 Å². The summed E-state index contributed by atoms with van der Waals surface area (Å²) in [6, 6.07) is 7.75. The van der Waals surface area contributed by atoms with E-state index in [1.54, 1.807) is 0 Å². The maximum Gasteiger partial charge on any atom is 0.310 e. The molecule has 1 rings (SSSR count). The van der Waals surface area contributed by atoms with Crippen LogP contribution in [-0.4, -0.2) is 5.97 Å². The predicted molar refractivity (Wildman–Crippen MR) is 85.1 cm³/mol. The molecule has 110 valence electrons. The van der Waals surface area contributed by atoms with Gasteiger partial charge < -0.3 is 4.74 Å². The Morgan fingerprint density at radius 1 is 1.14 bits per heavy atom. The van der Waals surface area contributed by atoms with E-state index in [0.717, 1.165) is 11.1 Å². The van der Waals surface area contributed by atoms with Gasteiger partial charge in [-0.05, 0) is 17.0 Å². The van der Waals surface area contributed by atoms with E-state index >= 15 is 0 Å². The van der Waals surface area contributed by atoms with Gasteiger partial charge in [0.05, 0.1) is 5.92 Å². The van der Waals surface area contributed by atoms with Gasteiger partial charge in [-0.2, -0.15) is 0 Å². The Morgan fingerprint density at radius 3 is 2.19 bits per heavy atom. The Hall–Kier alpha value is -2.19. The number of rotatable bonds is 6. The summed E-state index contributed by atoms with van der Waals surface area (Å²) in [6.45, 7) is 6.10. The SMILES string of the molecule is C#CCc1ccc(COC(=O)C(C(C)C)C(C)C#C)cc1. The Bertz CT molecular complexity index is 540. The minimum absolute atomic E-state index is 0.129. The van der Waals surface area contributed by atoms with Crippen LogP contribution in [0.15, 0.2) is 24.3 Å². The molecule has 2 nitrogen and oxygen atoms in total. The molecule has 0 aliphatic carbocycles. The first-order valence-corrected chi connectivity index (χ1v) is 7.13. The number of benzene rings is 1. The molecule has 0 saturated carbocycles. The smallest absolute Gasteiger partial charge is 0.310 e. The van der Waals surface area contributed by atoms with Gasteiger partial charge in [-0.15, -0.1) is 24.7 Å². The zero-order valence-corrected chi connectivity index (χ0v) is 12.9. The van der Waals surface area contributed by atoms with Crippen LogP contribution in [-0.2, 0) is 22.6 Å². The molecule has 0 N–H and O–H groups in total. The lowest BCUT2D eigenvalue weighted by molar-refractivity contribution is -0.152. The fraction of sp³-hybridized carbons (Fsp3) is 0.421. The zero-order chi connectivity index (χ0) is 15.8. The Morgan fingerprint density at radius 2 is 1.71 bits per heavy atom. The molecule has 0 aliphatic rings. The minimum Gasteiger partial charge on any atom is -0.461 e. The molecule has 2 atom stereocenters. The molecule has 0 aliphatic heterocycles. The molecule has 0 fully saturated rings. The molecule has 2 heteroatoms. The minimum atomic E-state index is -0.268. The molecule has 0 aromatic heterocycles. The Balaban J connectivity index is 2.63. The second-order valence-corrected chi connectivity index (χ2v) is 5.53. The number of carbonyl (C=O) groups is 1. The van der Waals surface area contributed by atoms with E-state index in [1.165, 1.54) is 0 Å². The van der Waals surface area contributed by atoms with Crippen LogP contribution in [0.25, 0.3) is 0 Å². The van der Waals surface area contributed by atoms with Crippen LogP contribution in [0, 0.1) is 42.4 Å². The van der Waals surface area contributed by atoms with Crippen LogP contribution in [0.2, 0.25) is 0 Å². The molecular weight excluding hydrogens is 260 g/mol. The van der Waals surface area contributed by atoms with Crippen molar-refractivity contribution in [1.82, 2.24) is 0 Å². The van der Waals surface area contributed by atoms with E-state index < -0.39 is 0 Å². The second-order valence-electron chi connectivity index (χ2n) is 5.53. The van der Waals surface area contributed by atoms with Gasteiger partial charge in [0.1, 0.15) is 6.61 Å². The first kappa shape index (κ1) is 16.9. The van der Waals surface area contributed by atoms with E-state index in [-0.39, 0.29) is 30.3 Å². The third kappa shape index (κ3) is 5.01. The van der Waals surface area contributed by atoms with Crippen molar-refractivity contribution in [1.29, 1.82) is 0 Å². The molecule has 2 unspecified atom stereocenters. The highest BCUT2D eigenvalue weighted by Crippen LogP contribution is 2.22. The molecule has 0 spiro atoms. The lowest BCUT2D eigenvalue weighted by Crippen LogP contribution is -2.28. The molecule has 1 aromatic rings. The molecule has 1 aromatic carbocycles. The van der Waals surface area contributed by atoms with E-state index in [1.807, 2.05) is 45.0 Å². The average molecular weight is 282 g/mol. The van der Waals surface area contributed by atoms with Crippen molar-refractivity contribution in [2.24, 2.45) is 17.8 Å². The summed E-state index contributed by atoms with van der Waals surface area (Å²) >= 11 is 0. The molecule has 0 radical (unpaired) electrons. The van der Waals surface area contributed by atoms with E-state index in [4.69, 9.17) is 17.6 Å². The highest BCUT2D eigenvalue weighted by atomic mass is 16.5. The number of carbonyl (C=O) groups excluding carboxylic acids is 1. The van der Waals surface area contributed by atoms with Gasteiger partial charge in [-0.25, -0.2) is 0 Å². The second kappa shape index (κ2) is 8.18. The summed E-state index contributed by atoms with van der Waals surface area (Å²) in [5.74, 6) is 4.75. The van der Waals surface area contributed by atoms with E-state index in [0.29, 0.717) is 6.42 Å². The number of terminal acetylenes is 2. The highest BCUT2D eigenvalue weighted by molar-refractivity contribution is 5.73. The van der Waals surface area contributed by atoms with E-state index in [9.17, 15) is 4.79 Å². The topological polar surface area (TPSA) is 26.3 Å². The van der Waals surface area contributed by atoms with Crippen molar-refractivity contribution >= 4 is 5.97 Å². The maximum absolute atomic E-state index is 12.2. The lowest BCUT2D eigenvalue weighted by Gasteiger charge is -2.22. The molecule has 0 heterocycles. The largest absolute Gasteiger partial charge is 0.461 e. The molecular formula is C19H22O2. The number of hydrogen-bond acceptors (Lipinski definition) is 2. The van der Waals surface area contributed by atoms with Gasteiger partial charge in [-0.3, -0.25) is 4.79 Å². The summed E-state index contributed by atoms with van der Waals surface area (Å²) in [5, 5.41) is 0. The number of esters is 1. The molecule has 0 bridgehead atoms. The fourth-order valence-electron chi connectivity index (χ4n) is 2.28. The van der Waals surface area contributed by atoms with Crippen molar-refractivity contribution in [3.63, 3.8) is 0 Å². The summed E-state index contributed by atoms with van der Waals surface area (Å²) < 4.78 is 5.40. The summed E-state index contributed by atoms with van der Waals surface area (Å²) in [6.07, 6.45) is 11.3. The first-order valence-electron chi connectivity index (χ1n) is 7.13. The lowest BCUT2D eigenvalue weighted by atomic mass is 9.85. The Labute approximate surface area is 127 Å². The number of hydrogen-bond donors (Lipinski definition) is 0. The van der Waals surface area contributed by atoms with Crippen LogP contribution < -0.4 is 0 Å². The average Bonchev–Trinajstić information content (AvgIpc) is 2.46. The summed E-state index contributed by atoms with van der Waals surface area (Å²) in [7, 11) is 0.